The average Bonchev–Trinajstić information content (AvgIpc) is 3.29. The molecule has 0 aliphatic carbocycles. The molecule has 2 heterocycles. The normalized spacial score (nSPS) is 17.0. The summed E-state index contributed by atoms with van der Waals surface area (Å²) in [6, 6.07) is 29.8. The van der Waals surface area contributed by atoms with Gasteiger partial charge in [-0.1, -0.05) is 81.4 Å². The van der Waals surface area contributed by atoms with Crippen LogP contribution in [0.3, 0.4) is 0 Å². The molecule has 1 aliphatic rings. The van der Waals surface area contributed by atoms with Crippen LogP contribution in [0.5, 0.6) is 0 Å². The van der Waals surface area contributed by atoms with Crippen LogP contribution in [-0.4, -0.2) is 15.7 Å². The molecule has 0 fully saturated rings. The van der Waals surface area contributed by atoms with Gasteiger partial charge in [-0.15, -0.1) is 0 Å². The summed E-state index contributed by atoms with van der Waals surface area (Å²) in [5, 5.41) is 0. The van der Waals surface area contributed by atoms with E-state index in [1.807, 2.05) is 0 Å². The lowest BCUT2D eigenvalue weighted by Gasteiger charge is -2.42. The van der Waals surface area contributed by atoms with E-state index in [2.05, 4.69) is 134 Å². The first-order valence-corrected chi connectivity index (χ1v) is 11.2. The fourth-order valence-electron chi connectivity index (χ4n) is 4.89. The molecule has 4 heteroatoms. The van der Waals surface area contributed by atoms with E-state index in [-0.39, 0.29) is 11.6 Å². The minimum absolute atomic E-state index is 0.0498. The van der Waals surface area contributed by atoms with Crippen LogP contribution in [-0.2, 0) is 7.05 Å². The van der Waals surface area contributed by atoms with Gasteiger partial charge in [0.2, 0.25) is 5.95 Å². The second-order valence-corrected chi connectivity index (χ2v) is 9.57. The smallest absolute Gasteiger partial charge is 0.212 e. The Hall–Kier alpha value is -3.53. The van der Waals surface area contributed by atoms with Gasteiger partial charge in [-0.25, -0.2) is 4.98 Å². The van der Waals surface area contributed by atoms with Gasteiger partial charge in [0.1, 0.15) is 6.17 Å². The molecule has 32 heavy (non-hydrogen) atoms. The van der Waals surface area contributed by atoms with E-state index in [0.29, 0.717) is 0 Å². The Bertz CT molecular complexity index is 1280. The summed E-state index contributed by atoms with van der Waals surface area (Å²) in [6.07, 6.45) is 0.0654. The van der Waals surface area contributed by atoms with Crippen LogP contribution in [0.1, 0.15) is 33.3 Å². The number of allylic oxidation sites excluding steroid dienone is 1. The summed E-state index contributed by atoms with van der Waals surface area (Å²) in [7, 11) is 2.12. The van der Waals surface area contributed by atoms with Crippen molar-refractivity contribution in [3.63, 3.8) is 0 Å². The van der Waals surface area contributed by atoms with Gasteiger partial charge in [0.15, 0.2) is 0 Å². The van der Waals surface area contributed by atoms with Gasteiger partial charge in [-0.05, 0) is 36.8 Å². The molecule has 0 radical (unpaired) electrons. The summed E-state index contributed by atoms with van der Waals surface area (Å²) in [6.45, 7) is 9.16. The molecular formula is C28H30N4. The van der Waals surface area contributed by atoms with Crippen LogP contribution >= 0.6 is 0 Å². The summed E-state index contributed by atoms with van der Waals surface area (Å²) >= 11 is 0. The van der Waals surface area contributed by atoms with Crippen molar-refractivity contribution >= 4 is 28.4 Å². The molecule has 1 aromatic heterocycles. The molecule has 162 valence electrons. The van der Waals surface area contributed by atoms with Crippen LogP contribution in [0.25, 0.3) is 16.7 Å². The standard InChI is InChI=1S/C28H30N4/c1-20-25(21-14-8-6-9-15-21)32(22-16-10-7-11-17-22)26(28(2,3)4)31(20)27-29-23-18-12-13-19-24(23)30(27)5/h6-19,26H,1-5H3. The van der Waals surface area contributed by atoms with E-state index in [0.717, 1.165) is 17.0 Å². The van der Waals surface area contributed by atoms with E-state index in [4.69, 9.17) is 4.98 Å². The van der Waals surface area contributed by atoms with Crippen LogP contribution in [0.15, 0.2) is 90.6 Å². The third-order valence-electron chi connectivity index (χ3n) is 6.27. The Kier molecular flexibility index (Phi) is 4.81. The summed E-state index contributed by atoms with van der Waals surface area (Å²) in [5.74, 6) is 0.968. The lowest BCUT2D eigenvalue weighted by Crippen LogP contribution is -2.50. The maximum Gasteiger partial charge on any atom is 0.212 e. The van der Waals surface area contributed by atoms with Crippen molar-refractivity contribution < 1.29 is 0 Å². The monoisotopic (exact) mass is 422 g/mol. The fraction of sp³-hybridized carbons (Fsp3) is 0.250. The molecule has 0 spiro atoms. The molecule has 0 N–H and O–H groups in total. The number of aromatic nitrogens is 2. The summed E-state index contributed by atoms with van der Waals surface area (Å²) in [5.41, 5.74) is 6.94. The zero-order valence-electron chi connectivity index (χ0n) is 19.4. The molecule has 0 bridgehead atoms. The molecule has 1 aliphatic heterocycles. The van der Waals surface area contributed by atoms with Crippen molar-refractivity contribution in [2.75, 3.05) is 9.80 Å². The van der Waals surface area contributed by atoms with Gasteiger partial charge in [-0.2, -0.15) is 0 Å². The van der Waals surface area contributed by atoms with Crippen LogP contribution in [0.4, 0.5) is 11.6 Å². The minimum Gasteiger partial charge on any atom is -0.317 e. The quantitative estimate of drug-likeness (QED) is 0.369. The lowest BCUT2D eigenvalue weighted by molar-refractivity contribution is 0.323. The van der Waals surface area contributed by atoms with Gasteiger partial charge in [-0.3, -0.25) is 4.90 Å². The van der Waals surface area contributed by atoms with Crippen molar-refractivity contribution in [2.24, 2.45) is 12.5 Å². The first-order valence-electron chi connectivity index (χ1n) is 11.2. The predicted octanol–water partition coefficient (Wildman–Crippen LogP) is 6.66. The number of nitrogens with zero attached hydrogens (tertiary/aromatic N) is 4. The van der Waals surface area contributed by atoms with Gasteiger partial charge >= 0.3 is 0 Å². The van der Waals surface area contributed by atoms with Crippen LogP contribution < -0.4 is 9.80 Å². The number of aryl methyl sites for hydroxylation is 1. The van der Waals surface area contributed by atoms with E-state index in [1.54, 1.807) is 0 Å². The third-order valence-corrected chi connectivity index (χ3v) is 6.27. The Morgan fingerprint density at radius 3 is 1.97 bits per heavy atom. The Morgan fingerprint density at radius 1 is 0.750 bits per heavy atom. The van der Waals surface area contributed by atoms with Crippen molar-refractivity contribution in [3.05, 3.63) is 96.2 Å². The van der Waals surface area contributed by atoms with Gasteiger partial charge in [0, 0.05) is 23.8 Å². The zero-order chi connectivity index (χ0) is 22.5. The SMILES string of the molecule is CC1=C(c2ccccc2)N(c2ccccc2)C(C(C)(C)C)N1c1nc2ccccc2n1C. The number of rotatable bonds is 3. The van der Waals surface area contributed by atoms with Gasteiger partial charge < -0.3 is 9.47 Å². The van der Waals surface area contributed by atoms with E-state index < -0.39 is 0 Å². The second kappa shape index (κ2) is 7.56. The van der Waals surface area contributed by atoms with Gasteiger partial charge in [0.25, 0.3) is 0 Å². The molecule has 4 nitrogen and oxygen atoms in total. The molecule has 0 amide bonds. The maximum absolute atomic E-state index is 5.09. The predicted molar refractivity (Wildman–Crippen MR) is 134 cm³/mol. The maximum atomic E-state index is 5.09. The van der Waals surface area contributed by atoms with Gasteiger partial charge in [0.05, 0.1) is 16.7 Å². The number of imidazole rings is 1. The molecule has 5 rings (SSSR count). The van der Waals surface area contributed by atoms with Crippen LogP contribution in [0.2, 0.25) is 0 Å². The summed E-state index contributed by atoms with van der Waals surface area (Å²) < 4.78 is 2.22. The molecule has 1 unspecified atom stereocenters. The summed E-state index contributed by atoms with van der Waals surface area (Å²) in [4.78, 5) is 10.0. The number of anilines is 2. The van der Waals surface area contributed by atoms with Crippen LogP contribution in [0, 0.1) is 5.41 Å². The van der Waals surface area contributed by atoms with Crippen molar-refractivity contribution in [1.82, 2.24) is 9.55 Å². The molecule has 1 atom stereocenters. The fourth-order valence-corrected chi connectivity index (χ4v) is 4.89. The molecule has 0 saturated heterocycles. The Labute approximate surface area is 190 Å². The molecular weight excluding hydrogens is 392 g/mol. The van der Waals surface area contributed by atoms with E-state index >= 15 is 0 Å². The second-order valence-electron chi connectivity index (χ2n) is 9.57. The van der Waals surface area contributed by atoms with E-state index in [9.17, 15) is 0 Å². The number of benzene rings is 3. The highest BCUT2D eigenvalue weighted by atomic mass is 15.5. The first kappa shape index (κ1) is 20.4. The zero-order valence-corrected chi connectivity index (χ0v) is 19.4. The molecule has 4 aromatic rings. The molecule has 3 aromatic carbocycles. The topological polar surface area (TPSA) is 24.3 Å². The first-order chi connectivity index (χ1) is 15.4. The minimum atomic E-state index is -0.0498. The molecule has 0 saturated carbocycles. The Morgan fingerprint density at radius 2 is 1.34 bits per heavy atom. The van der Waals surface area contributed by atoms with Crippen molar-refractivity contribution in [2.45, 2.75) is 33.9 Å². The highest BCUT2D eigenvalue weighted by Crippen LogP contribution is 2.47. The highest BCUT2D eigenvalue weighted by Gasteiger charge is 2.46. The Balaban J connectivity index is 1.80. The van der Waals surface area contributed by atoms with E-state index in [1.165, 1.54) is 22.6 Å². The lowest BCUT2D eigenvalue weighted by atomic mass is 9.90. The van der Waals surface area contributed by atoms with Crippen molar-refractivity contribution in [3.8, 4) is 0 Å². The number of hydrogen-bond acceptors (Lipinski definition) is 3. The number of fused-ring (bicyclic) bond motifs is 1. The average molecular weight is 423 g/mol. The number of para-hydroxylation sites is 3. The highest BCUT2D eigenvalue weighted by molar-refractivity contribution is 5.89. The largest absolute Gasteiger partial charge is 0.317 e. The van der Waals surface area contributed by atoms with Crippen molar-refractivity contribution in [1.29, 1.82) is 0 Å². The third kappa shape index (κ3) is 3.18. The number of hydrogen-bond donors (Lipinski definition) is 0.